The highest BCUT2D eigenvalue weighted by Gasteiger charge is 2.18. The van der Waals surface area contributed by atoms with Crippen LogP contribution in [0.4, 0.5) is 0 Å². The summed E-state index contributed by atoms with van der Waals surface area (Å²) in [4.78, 5) is 17.0. The van der Waals surface area contributed by atoms with Crippen LogP contribution >= 0.6 is 11.8 Å². The number of nitrogens with zero attached hydrogens (tertiary/aromatic N) is 6. The van der Waals surface area contributed by atoms with Crippen molar-refractivity contribution in [2.75, 3.05) is 5.75 Å². The van der Waals surface area contributed by atoms with Gasteiger partial charge in [-0.3, -0.25) is 9.36 Å². The van der Waals surface area contributed by atoms with Crippen LogP contribution in [0.1, 0.15) is 11.1 Å². The van der Waals surface area contributed by atoms with Gasteiger partial charge in [-0.1, -0.05) is 48.2 Å². The molecule has 1 aromatic carbocycles. The maximum atomic E-state index is 12.6. The lowest BCUT2D eigenvalue weighted by Gasteiger charge is -2.11. The van der Waals surface area contributed by atoms with Crippen molar-refractivity contribution in [3.8, 4) is 17.4 Å². The maximum absolute atomic E-state index is 12.6. The Morgan fingerprint density at radius 2 is 1.91 bits per heavy atom. The molecule has 0 bridgehead atoms. The first-order valence-corrected chi connectivity index (χ1v) is 11.6. The number of benzene rings is 1. The van der Waals surface area contributed by atoms with Gasteiger partial charge in [0.1, 0.15) is 0 Å². The lowest BCUT2D eigenvalue weighted by Crippen LogP contribution is -2.25. The van der Waals surface area contributed by atoms with E-state index < -0.39 is 0 Å². The van der Waals surface area contributed by atoms with Crippen LogP contribution in [0.5, 0.6) is 0 Å². The molecule has 0 aliphatic rings. The zero-order valence-electron chi connectivity index (χ0n) is 18.1. The molecule has 4 heterocycles. The van der Waals surface area contributed by atoms with Gasteiger partial charge in [-0.25, -0.2) is 9.67 Å². The second-order valence-electron chi connectivity index (χ2n) is 7.36. The second-order valence-corrected chi connectivity index (χ2v) is 8.30. The molecular formula is C24H21N7O2S. The van der Waals surface area contributed by atoms with Crippen molar-refractivity contribution in [3.05, 3.63) is 96.6 Å². The first-order valence-electron chi connectivity index (χ1n) is 10.6. The van der Waals surface area contributed by atoms with Gasteiger partial charge in [-0.15, -0.1) is 10.2 Å². The number of carbonyl (C=O) groups is 1. The van der Waals surface area contributed by atoms with Crippen molar-refractivity contribution in [2.24, 2.45) is 0 Å². The highest BCUT2D eigenvalue weighted by molar-refractivity contribution is 7.99. The van der Waals surface area contributed by atoms with Crippen LogP contribution in [0.2, 0.25) is 0 Å². The molecule has 5 rings (SSSR count). The van der Waals surface area contributed by atoms with E-state index in [0.29, 0.717) is 35.6 Å². The summed E-state index contributed by atoms with van der Waals surface area (Å²) in [5.74, 6) is 2.02. The zero-order valence-corrected chi connectivity index (χ0v) is 18.9. The first kappa shape index (κ1) is 21.7. The minimum absolute atomic E-state index is 0.117. The van der Waals surface area contributed by atoms with E-state index in [1.54, 1.807) is 23.3 Å². The molecule has 5 aromatic rings. The fourth-order valence-electron chi connectivity index (χ4n) is 3.44. The van der Waals surface area contributed by atoms with Crippen LogP contribution < -0.4 is 5.32 Å². The van der Waals surface area contributed by atoms with Gasteiger partial charge in [-0.2, -0.15) is 5.10 Å². The SMILES string of the molecule is O=C(CSc1nnc(-c2ccco2)n1Cc1ccccc1)NCc1cccnc1-n1cccn1. The predicted molar refractivity (Wildman–Crippen MR) is 127 cm³/mol. The molecule has 0 unspecified atom stereocenters. The number of nitrogens with one attached hydrogen (secondary N) is 1. The number of amides is 1. The second kappa shape index (κ2) is 10.2. The average Bonchev–Trinajstić information content (AvgIpc) is 3.65. The molecule has 0 aliphatic heterocycles. The van der Waals surface area contributed by atoms with Crippen molar-refractivity contribution in [1.29, 1.82) is 0 Å². The summed E-state index contributed by atoms with van der Waals surface area (Å²) in [5, 5.41) is 16.5. The Balaban J connectivity index is 1.27. The molecule has 0 aliphatic carbocycles. The maximum Gasteiger partial charge on any atom is 0.230 e. The molecule has 4 aromatic heterocycles. The monoisotopic (exact) mass is 471 g/mol. The number of thioether (sulfide) groups is 1. The van der Waals surface area contributed by atoms with E-state index in [0.717, 1.165) is 11.1 Å². The van der Waals surface area contributed by atoms with E-state index in [4.69, 9.17) is 4.42 Å². The molecule has 170 valence electrons. The van der Waals surface area contributed by atoms with Gasteiger partial charge in [-0.05, 0) is 29.8 Å². The van der Waals surface area contributed by atoms with Crippen molar-refractivity contribution in [2.45, 2.75) is 18.2 Å². The van der Waals surface area contributed by atoms with E-state index in [9.17, 15) is 4.79 Å². The number of furan rings is 1. The van der Waals surface area contributed by atoms with Gasteiger partial charge < -0.3 is 9.73 Å². The molecule has 0 radical (unpaired) electrons. The molecule has 0 saturated heterocycles. The Bertz CT molecular complexity index is 1350. The minimum atomic E-state index is -0.117. The Morgan fingerprint density at radius 3 is 2.71 bits per heavy atom. The van der Waals surface area contributed by atoms with Crippen LogP contribution in [-0.4, -0.2) is 41.2 Å². The molecule has 0 saturated carbocycles. The third-order valence-electron chi connectivity index (χ3n) is 5.04. The Labute approximate surface area is 199 Å². The third-order valence-corrected chi connectivity index (χ3v) is 6.01. The predicted octanol–water partition coefficient (Wildman–Crippen LogP) is 3.58. The van der Waals surface area contributed by atoms with Gasteiger partial charge in [0.05, 0.1) is 18.6 Å². The molecule has 9 nitrogen and oxygen atoms in total. The Morgan fingerprint density at radius 1 is 1.00 bits per heavy atom. The molecule has 34 heavy (non-hydrogen) atoms. The van der Waals surface area contributed by atoms with Gasteiger partial charge >= 0.3 is 0 Å². The summed E-state index contributed by atoms with van der Waals surface area (Å²) in [7, 11) is 0. The summed E-state index contributed by atoms with van der Waals surface area (Å²) < 4.78 is 9.18. The fourth-order valence-corrected chi connectivity index (χ4v) is 4.20. The van der Waals surface area contributed by atoms with Crippen LogP contribution in [0.15, 0.2) is 95.1 Å². The van der Waals surface area contributed by atoms with Gasteiger partial charge in [0.2, 0.25) is 11.7 Å². The lowest BCUT2D eigenvalue weighted by molar-refractivity contribution is -0.118. The smallest absolute Gasteiger partial charge is 0.230 e. The van der Waals surface area contributed by atoms with Gasteiger partial charge in [0, 0.05) is 30.7 Å². The molecular weight excluding hydrogens is 450 g/mol. The zero-order chi connectivity index (χ0) is 23.2. The van der Waals surface area contributed by atoms with E-state index in [1.165, 1.54) is 11.8 Å². The normalized spacial score (nSPS) is 10.9. The standard InChI is InChI=1S/C24H21N7O2S/c32-21(26-15-19-9-4-11-25-22(19)31-13-6-12-27-31)17-34-24-29-28-23(20-10-5-14-33-20)30(24)16-18-7-2-1-3-8-18/h1-14H,15-17H2,(H,26,32). The van der Waals surface area contributed by atoms with E-state index in [-0.39, 0.29) is 11.7 Å². The van der Waals surface area contributed by atoms with Crippen molar-refractivity contribution in [3.63, 3.8) is 0 Å². The summed E-state index contributed by atoms with van der Waals surface area (Å²) in [6.07, 6.45) is 6.82. The number of aromatic nitrogens is 6. The quantitative estimate of drug-likeness (QED) is 0.328. The Hall–Kier alpha value is -4.18. The van der Waals surface area contributed by atoms with Crippen molar-refractivity contribution >= 4 is 17.7 Å². The summed E-state index contributed by atoms with van der Waals surface area (Å²) in [6.45, 7) is 0.910. The highest BCUT2D eigenvalue weighted by Crippen LogP contribution is 2.25. The van der Waals surface area contributed by atoms with E-state index in [2.05, 4.69) is 25.6 Å². The number of carbonyl (C=O) groups excluding carboxylic acids is 1. The highest BCUT2D eigenvalue weighted by atomic mass is 32.2. The van der Waals surface area contributed by atoms with Crippen molar-refractivity contribution in [1.82, 2.24) is 34.8 Å². The number of hydrogen-bond donors (Lipinski definition) is 1. The van der Waals surface area contributed by atoms with Gasteiger partial charge in [0.25, 0.3) is 0 Å². The third kappa shape index (κ3) is 4.91. The average molecular weight is 472 g/mol. The van der Waals surface area contributed by atoms with Crippen LogP contribution in [0.25, 0.3) is 17.4 Å². The molecule has 1 amide bonds. The number of hydrogen-bond acceptors (Lipinski definition) is 7. The number of rotatable bonds is 9. The van der Waals surface area contributed by atoms with Crippen molar-refractivity contribution < 1.29 is 9.21 Å². The number of pyridine rings is 1. The summed E-state index contributed by atoms with van der Waals surface area (Å²) in [5.41, 5.74) is 1.97. The molecule has 0 atom stereocenters. The fraction of sp³-hybridized carbons (Fsp3) is 0.125. The Kier molecular flexibility index (Phi) is 6.48. The molecule has 0 fully saturated rings. The van der Waals surface area contributed by atoms with E-state index >= 15 is 0 Å². The summed E-state index contributed by atoms with van der Waals surface area (Å²) >= 11 is 1.33. The van der Waals surface area contributed by atoms with Gasteiger partial charge in [0.15, 0.2) is 16.7 Å². The van der Waals surface area contributed by atoms with Crippen LogP contribution in [-0.2, 0) is 17.9 Å². The van der Waals surface area contributed by atoms with Crippen LogP contribution in [0, 0.1) is 0 Å². The molecule has 10 heteroatoms. The van der Waals surface area contributed by atoms with Crippen LogP contribution in [0.3, 0.4) is 0 Å². The molecule has 1 N–H and O–H groups in total. The first-order chi connectivity index (χ1) is 16.8. The molecule has 0 spiro atoms. The lowest BCUT2D eigenvalue weighted by atomic mass is 10.2. The minimum Gasteiger partial charge on any atom is -0.461 e. The largest absolute Gasteiger partial charge is 0.461 e. The van der Waals surface area contributed by atoms with E-state index in [1.807, 2.05) is 71.4 Å². The summed E-state index contributed by atoms with van der Waals surface area (Å²) in [6, 6.07) is 19.3. The topological polar surface area (TPSA) is 104 Å².